The lowest BCUT2D eigenvalue weighted by atomic mass is 9.93. The van der Waals surface area contributed by atoms with Gasteiger partial charge in [-0.15, -0.1) is 0 Å². The first-order valence-corrected chi connectivity index (χ1v) is 4.47. The molecule has 0 aromatic carbocycles. The summed E-state index contributed by atoms with van der Waals surface area (Å²) in [4.78, 5) is 3.97. The number of nitrogens with one attached hydrogen (secondary N) is 1. The molecule has 0 heterocycles. The molecule has 7 N–H and O–H groups in total. The molecule has 0 aliphatic rings. The second kappa shape index (κ2) is 5.77. The van der Waals surface area contributed by atoms with Crippen LogP contribution < -0.4 is 22.5 Å². The van der Waals surface area contributed by atoms with Crippen LogP contribution in [-0.2, 0) is 0 Å². The summed E-state index contributed by atoms with van der Waals surface area (Å²) in [7, 11) is 1.83. The molecule has 0 bridgehead atoms. The molecule has 0 aliphatic heterocycles. The van der Waals surface area contributed by atoms with E-state index in [0.29, 0.717) is 12.5 Å². The zero-order valence-corrected chi connectivity index (χ0v) is 8.62. The Kier molecular flexibility index (Phi) is 5.41. The van der Waals surface area contributed by atoms with Gasteiger partial charge in [0.25, 0.3) is 0 Å². The molecule has 0 aromatic heterocycles. The van der Waals surface area contributed by atoms with Gasteiger partial charge in [-0.1, -0.05) is 13.8 Å². The molecule has 0 saturated carbocycles. The van der Waals surface area contributed by atoms with Crippen LogP contribution in [0, 0.1) is 11.8 Å². The van der Waals surface area contributed by atoms with E-state index in [4.69, 9.17) is 17.2 Å². The molecule has 0 spiro atoms. The Morgan fingerprint density at radius 3 is 2.23 bits per heavy atom. The Labute approximate surface area is 79.8 Å². The molecule has 5 heteroatoms. The second-order valence-corrected chi connectivity index (χ2v) is 3.49. The fourth-order valence-corrected chi connectivity index (χ4v) is 1.16. The summed E-state index contributed by atoms with van der Waals surface area (Å²) in [5, 5.41) is 3.00. The number of aliphatic imine (C=N–C) groups is 1. The van der Waals surface area contributed by atoms with Crippen molar-refractivity contribution in [3.63, 3.8) is 0 Å². The van der Waals surface area contributed by atoms with Crippen LogP contribution in [-0.4, -0.2) is 25.7 Å². The van der Waals surface area contributed by atoms with Gasteiger partial charge in [0.2, 0.25) is 0 Å². The molecule has 0 fully saturated rings. The van der Waals surface area contributed by atoms with Crippen molar-refractivity contribution in [3.05, 3.63) is 0 Å². The molecule has 0 aliphatic carbocycles. The van der Waals surface area contributed by atoms with Gasteiger partial charge >= 0.3 is 0 Å². The largest absolute Gasteiger partial charge is 0.370 e. The highest BCUT2D eigenvalue weighted by Crippen LogP contribution is 2.12. The summed E-state index contributed by atoms with van der Waals surface area (Å²) in [6.45, 7) is 4.77. The standard InChI is InChI=1S/C8H21N5/c1-5(2)6(7(9)12-3)4-13-8(10)11/h5-7,12H,4,9H2,1-3H3,(H4,10,11,13)/t6?,7-/m0/s1. The predicted molar refractivity (Wildman–Crippen MR) is 56.0 cm³/mol. The molecule has 78 valence electrons. The van der Waals surface area contributed by atoms with E-state index in [9.17, 15) is 0 Å². The van der Waals surface area contributed by atoms with Gasteiger partial charge < -0.3 is 22.5 Å². The van der Waals surface area contributed by atoms with Gasteiger partial charge in [0.15, 0.2) is 5.96 Å². The molecular formula is C8H21N5. The quantitative estimate of drug-likeness (QED) is 0.253. The van der Waals surface area contributed by atoms with Crippen LogP contribution >= 0.6 is 0 Å². The minimum Gasteiger partial charge on any atom is -0.370 e. The monoisotopic (exact) mass is 187 g/mol. The number of nitrogens with zero attached hydrogens (tertiary/aromatic N) is 1. The summed E-state index contributed by atoms with van der Waals surface area (Å²) in [6.07, 6.45) is -0.0666. The number of hydrogen-bond donors (Lipinski definition) is 4. The molecule has 1 unspecified atom stereocenters. The van der Waals surface area contributed by atoms with E-state index in [1.165, 1.54) is 0 Å². The third-order valence-corrected chi connectivity index (χ3v) is 2.14. The first kappa shape index (κ1) is 12.2. The summed E-state index contributed by atoms with van der Waals surface area (Å²) < 4.78 is 0. The third kappa shape index (κ3) is 4.69. The van der Waals surface area contributed by atoms with Crippen molar-refractivity contribution in [2.75, 3.05) is 13.6 Å². The average Bonchev–Trinajstić information content (AvgIpc) is 2.03. The molecule has 0 rings (SSSR count). The Morgan fingerprint density at radius 1 is 1.38 bits per heavy atom. The van der Waals surface area contributed by atoms with Gasteiger partial charge in [-0.25, -0.2) is 0 Å². The highest BCUT2D eigenvalue weighted by Gasteiger charge is 2.19. The van der Waals surface area contributed by atoms with E-state index >= 15 is 0 Å². The molecule has 13 heavy (non-hydrogen) atoms. The highest BCUT2D eigenvalue weighted by molar-refractivity contribution is 5.75. The number of hydrogen-bond acceptors (Lipinski definition) is 3. The van der Waals surface area contributed by atoms with Crippen molar-refractivity contribution < 1.29 is 0 Å². The molecular weight excluding hydrogens is 166 g/mol. The van der Waals surface area contributed by atoms with Crippen LogP contribution in [0.4, 0.5) is 0 Å². The van der Waals surface area contributed by atoms with Crippen molar-refractivity contribution >= 4 is 5.96 Å². The van der Waals surface area contributed by atoms with Crippen molar-refractivity contribution in [1.82, 2.24) is 5.32 Å². The lowest BCUT2D eigenvalue weighted by molar-refractivity contribution is 0.300. The highest BCUT2D eigenvalue weighted by atomic mass is 15.0. The van der Waals surface area contributed by atoms with Gasteiger partial charge in [-0.3, -0.25) is 4.99 Å². The smallest absolute Gasteiger partial charge is 0.185 e. The van der Waals surface area contributed by atoms with E-state index in [1.807, 2.05) is 7.05 Å². The van der Waals surface area contributed by atoms with Crippen molar-refractivity contribution in [3.8, 4) is 0 Å². The number of rotatable bonds is 5. The van der Waals surface area contributed by atoms with Gasteiger partial charge in [0, 0.05) is 12.5 Å². The Balaban J connectivity index is 4.18. The number of nitrogens with two attached hydrogens (primary N) is 3. The van der Waals surface area contributed by atoms with Crippen molar-refractivity contribution in [1.29, 1.82) is 0 Å². The Hall–Kier alpha value is -0.810. The second-order valence-electron chi connectivity index (χ2n) is 3.49. The van der Waals surface area contributed by atoms with Crippen LogP contribution in [0.5, 0.6) is 0 Å². The summed E-state index contributed by atoms with van der Waals surface area (Å²) in [5.74, 6) is 0.826. The summed E-state index contributed by atoms with van der Waals surface area (Å²) in [5.41, 5.74) is 16.3. The Bertz CT molecular complexity index is 162. The third-order valence-electron chi connectivity index (χ3n) is 2.14. The zero-order chi connectivity index (χ0) is 10.4. The molecule has 5 nitrogen and oxygen atoms in total. The topological polar surface area (TPSA) is 102 Å². The Morgan fingerprint density at radius 2 is 1.92 bits per heavy atom. The van der Waals surface area contributed by atoms with E-state index in [2.05, 4.69) is 24.2 Å². The van der Waals surface area contributed by atoms with Gasteiger partial charge in [0.1, 0.15) is 0 Å². The molecule has 0 aromatic rings. The van der Waals surface area contributed by atoms with Crippen LogP contribution in [0.25, 0.3) is 0 Å². The van der Waals surface area contributed by atoms with Crippen LogP contribution in [0.3, 0.4) is 0 Å². The molecule has 0 radical (unpaired) electrons. The minimum atomic E-state index is -0.0666. The maximum Gasteiger partial charge on any atom is 0.185 e. The van der Waals surface area contributed by atoms with Crippen LogP contribution in [0.2, 0.25) is 0 Å². The van der Waals surface area contributed by atoms with E-state index in [-0.39, 0.29) is 18.0 Å². The predicted octanol–water partition coefficient (Wildman–Crippen LogP) is -0.964. The molecule has 0 saturated heterocycles. The average molecular weight is 187 g/mol. The SMILES string of the molecule is CN[C@H](N)C(CN=C(N)N)C(C)C. The van der Waals surface area contributed by atoms with Crippen molar-refractivity contribution in [2.24, 2.45) is 34.0 Å². The fourth-order valence-electron chi connectivity index (χ4n) is 1.16. The first-order valence-electron chi connectivity index (χ1n) is 4.47. The van der Waals surface area contributed by atoms with Crippen LogP contribution in [0.15, 0.2) is 4.99 Å². The van der Waals surface area contributed by atoms with E-state index in [0.717, 1.165) is 0 Å². The van der Waals surface area contributed by atoms with Crippen LogP contribution in [0.1, 0.15) is 13.8 Å². The van der Waals surface area contributed by atoms with E-state index in [1.54, 1.807) is 0 Å². The van der Waals surface area contributed by atoms with Gasteiger partial charge in [-0.05, 0) is 13.0 Å². The van der Waals surface area contributed by atoms with E-state index < -0.39 is 0 Å². The zero-order valence-electron chi connectivity index (χ0n) is 8.62. The maximum atomic E-state index is 5.84. The minimum absolute atomic E-state index is 0.0666. The number of guanidine groups is 1. The molecule has 0 amide bonds. The van der Waals surface area contributed by atoms with Gasteiger partial charge in [0.05, 0.1) is 6.17 Å². The normalized spacial score (nSPS) is 15.5. The molecule has 2 atom stereocenters. The maximum absolute atomic E-state index is 5.84. The van der Waals surface area contributed by atoms with Gasteiger partial charge in [-0.2, -0.15) is 0 Å². The summed E-state index contributed by atoms with van der Waals surface area (Å²) >= 11 is 0. The first-order chi connectivity index (χ1) is 5.99. The lowest BCUT2D eigenvalue weighted by Gasteiger charge is -2.25. The lowest BCUT2D eigenvalue weighted by Crippen LogP contribution is -2.45. The fraction of sp³-hybridized carbons (Fsp3) is 0.875. The summed E-state index contributed by atoms with van der Waals surface area (Å²) in [6, 6.07) is 0. The van der Waals surface area contributed by atoms with Crippen molar-refractivity contribution in [2.45, 2.75) is 20.0 Å².